The maximum Gasteiger partial charge on any atom is 0.243 e. The summed E-state index contributed by atoms with van der Waals surface area (Å²) in [6.07, 6.45) is 0. The second-order valence-corrected chi connectivity index (χ2v) is 2.02. The number of imide groups is 1. The van der Waals surface area contributed by atoms with Gasteiger partial charge in [0.2, 0.25) is 11.8 Å². The highest BCUT2D eigenvalue weighted by molar-refractivity contribution is 6.00. The predicted molar refractivity (Wildman–Crippen MR) is 30.6 cm³/mol. The van der Waals surface area contributed by atoms with Gasteiger partial charge in [0.15, 0.2) is 0 Å². The molecule has 9 heavy (non-hydrogen) atoms. The van der Waals surface area contributed by atoms with Gasteiger partial charge in [-0.2, -0.15) is 0 Å². The van der Waals surface area contributed by atoms with E-state index in [2.05, 4.69) is 10.6 Å². The van der Waals surface area contributed by atoms with Crippen molar-refractivity contribution in [2.45, 2.75) is 13.0 Å². The first-order valence-electron chi connectivity index (χ1n) is 2.77. The van der Waals surface area contributed by atoms with Crippen molar-refractivity contribution in [1.29, 1.82) is 0 Å². The Hall–Kier alpha value is -0.900. The summed E-state index contributed by atoms with van der Waals surface area (Å²) < 4.78 is 0. The number of hydrogen-bond acceptors (Lipinski definition) is 3. The van der Waals surface area contributed by atoms with Crippen LogP contribution in [0.3, 0.4) is 0 Å². The SMILES string of the molecule is CC1NCC(=O)NC1=O. The van der Waals surface area contributed by atoms with Crippen molar-refractivity contribution in [3.05, 3.63) is 0 Å². The average molecular weight is 128 g/mol. The fourth-order valence-electron chi connectivity index (χ4n) is 0.628. The average Bonchev–Trinajstić information content (AvgIpc) is 1.80. The third kappa shape index (κ3) is 1.26. The number of hydrogen-bond donors (Lipinski definition) is 2. The summed E-state index contributed by atoms with van der Waals surface area (Å²) in [5, 5.41) is 4.91. The quantitative estimate of drug-likeness (QED) is 0.395. The summed E-state index contributed by atoms with van der Waals surface area (Å²) >= 11 is 0. The van der Waals surface area contributed by atoms with Gasteiger partial charge in [0.1, 0.15) is 0 Å². The minimum Gasteiger partial charge on any atom is -0.298 e. The highest BCUT2D eigenvalue weighted by Gasteiger charge is 2.20. The van der Waals surface area contributed by atoms with E-state index in [1.54, 1.807) is 6.92 Å². The molecule has 1 unspecified atom stereocenters. The topological polar surface area (TPSA) is 58.2 Å². The molecule has 0 aliphatic carbocycles. The highest BCUT2D eigenvalue weighted by Crippen LogP contribution is 1.86. The van der Waals surface area contributed by atoms with E-state index in [1.165, 1.54) is 0 Å². The van der Waals surface area contributed by atoms with Crippen LogP contribution in [0.5, 0.6) is 0 Å². The molecule has 0 aromatic rings. The molecule has 2 amide bonds. The first-order chi connectivity index (χ1) is 4.20. The van der Waals surface area contributed by atoms with Gasteiger partial charge in [0.25, 0.3) is 0 Å². The van der Waals surface area contributed by atoms with Crippen LogP contribution in [0, 0.1) is 0 Å². The molecular formula is C5H8N2O2. The summed E-state index contributed by atoms with van der Waals surface area (Å²) in [4.78, 5) is 21.0. The van der Waals surface area contributed by atoms with Crippen molar-refractivity contribution in [1.82, 2.24) is 10.6 Å². The summed E-state index contributed by atoms with van der Waals surface area (Å²) in [6, 6.07) is -0.234. The molecule has 1 heterocycles. The number of carbonyl (C=O) groups excluding carboxylic acids is 2. The molecule has 1 atom stereocenters. The second kappa shape index (κ2) is 2.14. The van der Waals surface area contributed by atoms with Gasteiger partial charge in [-0.1, -0.05) is 0 Å². The Morgan fingerprint density at radius 2 is 2.22 bits per heavy atom. The first kappa shape index (κ1) is 6.22. The van der Waals surface area contributed by atoms with Gasteiger partial charge < -0.3 is 0 Å². The minimum atomic E-state index is -0.252. The molecule has 0 spiro atoms. The van der Waals surface area contributed by atoms with E-state index in [-0.39, 0.29) is 24.4 Å². The van der Waals surface area contributed by atoms with Crippen molar-refractivity contribution in [3.63, 3.8) is 0 Å². The van der Waals surface area contributed by atoms with Crippen LogP contribution in [-0.2, 0) is 9.59 Å². The molecule has 1 rings (SSSR count). The van der Waals surface area contributed by atoms with Crippen molar-refractivity contribution < 1.29 is 9.59 Å². The van der Waals surface area contributed by atoms with Crippen LogP contribution in [0.25, 0.3) is 0 Å². The molecule has 4 heteroatoms. The van der Waals surface area contributed by atoms with Gasteiger partial charge in [-0.05, 0) is 6.92 Å². The lowest BCUT2D eigenvalue weighted by atomic mass is 10.2. The monoisotopic (exact) mass is 128 g/mol. The Morgan fingerprint density at radius 1 is 1.56 bits per heavy atom. The van der Waals surface area contributed by atoms with Crippen molar-refractivity contribution in [2.24, 2.45) is 0 Å². The van der Waals surface area contributed by atoms with Crippen molar-refractivity contribution >= 4 is 11.8 Å². The Kier molecular flexibility index (Phi) is 1.48. The summed E-state index contributed by atoms with van der Waals surface area (Å²) in [5.41, 5.74) is 0. The van der Waals surface area contributed by atoms with E-state index in [4.69, 9.17) is 0 Å². The van der Waals surface area contributed by atoms with E-state index < -0.39 is 0 Å². The number of rotatable bonds is 0. The smallest absolute Gasteiger partial charge is 0.243 e. The highest BCUT2D eigenvalue weighted by atomic mass is 16.2. The third-order valence-corrected chi connectivity index (χ3v) is 1.22. The van der Waals surface area contributed by atoms with Crippen LogP contribution in [-0.4, -0.2) is 24.4 Å². The normalized spacial score (nSPS) is 27.9. The zero-order valence-electron chi connectivity index (χ0n) is 5.10. The van der Waals surface area contributed by atoms with E-state index in [0.717, 1.165) is 0 Å². The fraction of sp³-hybridized carbons (Fsp3) is 0.600. The van der Waals surface area contributed by atoms with Crippen LogP contribution in [0.4, 0.5) is 0 Å². The lowest BCUT2D eigenvalue weighted by Gasteiger charge is -2.17. The molecule has 2 N–H and O–H groups in total. The lowest BCUT2D eigenvalue weighted by Crippen LogP contribution is -2.54. The van der Waals surface area contributed by atoms with Crippen LogP contribution in [0.15, 0.2) is 0 Å². The molecule has 0 bridgehead atoms. The Morgan fingerprint density at radius 3 is 2.67 bits per heavy atom. The summed E-state index contributed by atoms with van der Waals surface area (Å²) in [5.74, 6) is -0.496. The molecule has 0 radical (unpaired) electrons. The van der Waals surface area contributed by atoms with Gasteiger partial charge in [-0.3, -0.25) is 20.2 Å². The van der Waals surface area contributed by atoms with E-state index >= 15 is 0 Å². The zero-order valence-corrected chi connectivity index (χ0v) is 5.10. The molecule has 4 nitrogen and oxygen atoms in total. The minimum absolute atomic E-state index is 0.234. The van der Waals surface area contributed by atoms with E-state index in [0.29, 0.717) is 0 Å². The molecule has 50 valence electrons. The Labute approximate surface area is 52.6 Å². The van der Waals surface area contributed by atoms with Crippen LogP contribution >= 0.6 is 0 Å². The molecular weight excluding hydrogens is 120 g/mol. The fourth-order valence-corrected chi connectivity index (χ4v) is 0.628. The number of nitrogens with one attached hydrogen (secondary N) is 2. The van der Waals surface area contributed by atoms with E-state index in [9.17, 15) is 9.59 Å². The largest absolute Gasteiger partial charge is 0.298 e. The van der Waals surface area contributed by atoms with Gasteiger partial charge in [-0.15, -0.1) is 0 Å². The van der Waals surface area contributed by atoms with Gasteiger partial charge in [0, 0.05) is 0 Å². The molecule has 1 aliphatic heterocycles. The molecule has 0 saturated carbocycles. The third-order valence-electron chi connectivity index (χ3n) is 1.22. The van der Waals surface area contributed by atoms with Gasteiger partial charge in [0.05, 0.1) is 12.6 Å². The molecule has 1 saturated heterocycles. The second-order valence-electron chi connectivity index (χ2n) is 2.02. The molecule has 1 aliphatic rings. The standard InChI is InChI=1S/C5H8N2O2/c1-3-5(9)7-4(8)2-6-3/h3,6H,2H2,1H3,(H,7,8,9). The molecule has 1 fully saturated rings. The summed E-state index contributed by atoms with van der Waals surface area (Å²) in [6.45, 7) is 1.95. The summed E-state index contributed by atoms with van der Waals surface area (Å²) in [7, 11) is 0. The molecule has 0 aromatic carbocycles. The van der Waals surface area contributed by atoms with Crippen molar-refractivity contribution in [2.75, 3.05) is 6.54 Å². The van der Waals surface area contributed by atoms with Crippen LogP contribution in [0.1, 0.15) is 6.92 Å². The first-order valence-corrected chi connectivity index (χ1v) is 2.77. The number of carbonyl (C=O) groups is 2. The van der Waals surface area contributed by atoms with Crippen LogP contribution in [0.2, 0.25) is 0 Å². The van der Waals surface area contributed by atoms with Gasteiger partial charge >= 0.3 is 0 Å². The number of amides is 2. The maximum atomic E-state index is 10.6. The maximum absolute atomic E-state index is 10.6. The Bertz CT molecular complexity index is 155. The van der Waals surface area contributed by atoms with E-state index in [1.807, 2.05) is 0 Å². The lowest BCUT2D eigenvalue weighted by molar-refractivity contribution is -0.133. The number of piperazine rings is 1. The molecule has 0 aromatic heterocycles. The Balaban J connectivity index is 2.54. The zero-order chi connectivity index (χ0) is 6.85. The van der Waals surface area contributed by atoms with Gasteiger partial charge in [-0.25, -0.2) is 0 Å². The van der Waals surface area contributed by atoms with Crippen molar-refractivity contribution in [3.8, 4) is 0 Å². The predicted octanol–water partition coefficient (Wildman–Crippen LogP) is -1.38. The van der Waals surface area contributed by atoms with Crippen LogP contribution < -0.4 is 10.6 Å².